The van der Waals surface area contributed by atoms with E-state index in [1.54, 1.807) is 32.4 Å². The molecule has 1 N–H and O–H groups in total. The molecular weight excluding hydrogens is 414 g/mol. The molecule has 0 saturated carbocycles. The van der Waals surface area contributed by atoms with Crippen molar-refractivity contribution in [1.29, 1.82) is 0 Å². The third-order valence-electron chi connectivity index (χ3n) is 3.22. The number of nitrogens with one attached hydrogen (secondary N) is 1. The number of benzene rings is 2. The molecule has 2 aromatic rings. The molecule has 2 rings (SSSR count). The minimum Gasteiger partial charge on any atom is -0.493 e. The fraction of sp³-hybridized carbons (Fsp3) is 0.235. The average molecular weight is 431 g/mol. The zero-order valence-corrected chi connectivity index (χ0v) is 16.6. The number of amides is 1. The molecule has 0 aromatic heterocycles. The van der Waals surface area contributed by atoms with Crippen LogP contribution in [-0.2, 0) is 4.79 Å². The number of thioether (sulfide) groups is 1. The number of hydrogen-bond acceptors (Lipinski definition) is 4. The highest BCUT2D eigenvalue weighted by Crippen LogP contribution is 2.34. The van der Waals surface area contributed by atoms with Gasteiger partial charge in [-0.2, -0.15) is 0 Å². The van der Waals surface area contributed by atoms with E-state index in [0.29, 0.717) is 22.2 Å². The van der Waals surface area contributed by atoms with Crippen LogP contribution >= 0.6 is 39.3 Å². The van der Waals surface area contributed by atoms with Gasteiger partial charge in [-0.3, -0.25) is 4.79 Å². The van der Waals surface area contributed by atoms with Gasteiger partial charge in [0, 0.05) is 15.1 Å². The monoisotopic (exact) mass is 429 g/mol. The van der Waals surface area contributed by atoms with Crippen molar-refractivity contribution in [3.05, 3.63) is 45.9 Å². The van der Waals surface area contributed by atoms with Crippen LogP contribution in [0, 0.1) is 0 Å². The number of hydrogen-bond donors (Lipinski definition) is 1. The lowest BCUT2D eigenvalue weighted by Crippen LogP contribution is -2.22. The van der Waals surface area contributed by atoms with Gasteiger partial charge in [-0.25, -0.2) is 0 Å². The lowest BCUT2D eigenvalue weighted by Gasteiger charge is -2.14. The van der Waals surface area contributed by atoms with Gasteiger partial charge in [0.05, 0.1) is 24.5 Å². The van der Waals surface area contributed by atoms with Gasteiger partial charge in [0.15, 0.2) is 11.5 Å². The molecule has 7 heteroatoms. The van der Waals surface area contributed by atoms with Crippen molar-refractivity contribution in [2.45, 2.75) is 17.1 Å². The Bertz CT molecular complexity index is 742. The number of carbonyl (C=O) groups excluding carboxylic acids is 1. The Balaban J connectivity index is 2.04. The fourth-order valence-corrected chi connectivity index (χ4v) is 3.29. The number of carbonyl (C=O) groups is 1. The van der Waals surface area contributed by atoms with Crippen LogP contribution in [0.1, 0.15) is 6.92 Å². The smallest absolute Gasteiger partial charge is 0.237 e. The van der Waals surface area contributed by atoms with Crippen molar-refractivity contribution in [3.8, 4) is 11.5 Å². The van der Waals surface area contributed by atoms with Crippen LogP contribution in [0.4, 0.5) is 5.69 Å². The van der Waals surface area contributed by atoms with E-state index in [1.807, 2.05) is 25.1 Å². The van der Waals surface area contributed by atoms with Crippen molar-refractivity contribution in [2.75, 3.05) is 19.5 Å². The second-order valence-corrected chi connectivity index (χ2v) is 7.57. The number of ether oxygens (including phenoxy) is 2. The molecule has 0 bridgehead atoms. The van der Waals surface area contributed by atoms with Gasteiger partial charge >= 0.3 is 0 Å². The van der Waals surface area contributed by atoms with Gasteiger partial charge < -0.3 is 14.8 Å². The van der Waals surface area contributed by atoms with Gasteiger partial charge in [-0.1, -0.05) is 11.6 Å². The highest BCUT2D eigenvalue weighted by molar-refractivity contribution is 9.10. The summed E-state index contributed by atoms with van der Waals surface area (Å²) in [4.78, 5) is 13.3. The molecule has 0 fully saturated rings. The van der Waals surface area contributed by atoms with Gasteiger partial charge in [0.1, 0.15) is 0 Å². The highest BCUT2D eigenvalue weighted by atomic mass is 79.9. The molecular formula is C17H17BrClNO3S. The Kier molecular flexibility index (Phi) is 6.83. The minimum atomic E-state index is -0.287. The van der Waals surface area contributed by atoms with Crippen LogP contribution in [0.15, 0.2) is 45.8 Å². The third-order valence-corrected chi connectivity index (χ3v) is 5.55. The van der Waals surface area contributed by atoms with E-state index in [1.165, 1.54) is 11.8 Å². The summed E-state index contributed by atoms with van der Waals surface area (Å²) in [6.07, 6.45) is 0. The quantitative estimate of drug-likeness (QED) is 0.637. The summed E-state index contributed by atoms with van der Waals surface area (Å²) in [7, 11) is 3.17. The molecule has 128 valence electrons. The number of methoxy groups -OCH3 is 2. The summed E-state index contributed by atoms with van der Waals surface area (Å²) >= 11 is 10.8. The van der Waals surface area contributed by atoms with E-state index < -0.39 is 0 Å². The zero-order chi connectivity index (χ0) is 17.7. The summed E-state index contributed by atoms with van der Waals surface area (Å²) < 4.78 is 11.3. The summed E-state index contributed by atoms with van der Waals surface area (Å²) in [5.74, 6) is 1.19. The van der Waals surface area contributed by atoms with E-state index in [9.17, 15) is 4.79 Å². The Morgan fingerprint density at radius 3 is 2.50 bits per heavy atom. The summed E-state index contributed by atoms with van der Waals surface area (Å²) in [6, 6.07) is 10.9. The first-order valence-electron chi connectivity index (χ1n) is 7.09. The van der Waals surface area contributed by atoms with Crippen LogP contribution < -0.4 is 14.8 Å². The van der Waals surface area contributed by atoms with Crippen LogP contribution in [0.25, 0.3) is 0 Å². The Labute approximate surface area is 159 Å². The average Bonchev–Trinajstić information content (AvgIpc) is 2.57. The number of halogens is 2. The van der Waals surface area contributed by atoms with E-state index in [-0.39, 0.29) is 11.2 Å². The predicted octanol–water partition coefficient (Wildman–Crippen LogP) is 5.24. The van der Waals surface area contributed by atoms with Crippen molar-refractivity contribution in [2.24, 2.45) is 0 Å². The minimum absolute atomic E-state index is 0.104. The van der Waals surface area contributed by atoms with E-state index in [2.05, 4.69) is 21.2 Å². The van der Waals surface area contributed by atoms with Crippen molar-refractivity contribution < 1.29 is 14.3 Å². The SMILES string of the molecule is COc1ccc(SC(C)C(=O)Nc2ccc(Br)c(Cl)c2)cc1OC. The second kappa shape index (κ2) is 8.65. The summed E-state index contributed by atoms with van der Waals surface area (Å²) in [5, 5.41) is 3.12. The largest absolute Gasteiger partial charge is 0.493 e. The van der Waals surface area contributed by atoms with E-state index in [4.69, 9.17) is 21.1 Å². The third kappa shape index (κ3) is 4.82. The summed E-state index contributed by atoms with van der Waals surface area (Å²) in [6.45, 7) is 1.84. The molecule has 0 heterocycles. The molecule has 1 unspecified atom stereocenters. The van der Waals surface area contributed by atoms with Crippen LogP contribution in [-0.4, -0.2) is 25.4 Å². The van der Waals surface area contributed by atoms with Gasteiger partial charge in [0.2, 0.25) is 5.91 Å². The zero-order valence-electron chi connectivity index (χ0n) is 13.4. The maximum Gasteiger partial charge on any atom is 0.237 e. The highest BCUT2D eigenvalue weighted by Gasteiger charge is 2.16. The maximum absolute atomic E-state index is 12.3. The Hall–Kier alpha value is -1.37. The lowest BCUT2D eigenvalue weighted by molar-refractivity contribution is -0.115. The topological polar surface area (TPSA) is 47.6 Å². The van der Waals surface area contributed by atoms with Gasteiger partial charge in [-0.15, -0.1) is 11.8 Å². The van der Waals surface area contributed by atoms with Gasteiger partial charge in [0.25, 0.3) is 0 Å². The molecule has 1 amide bonds. The molecule has 2 aromatic carbocycles. The normalized spacial score (nSPS) is 11.7. The summed E-state index contributed by atoms with van der Waals surface area (Å²) in [5.41, 5.74) is 0.660. The molecule has 24 heavy (non-hydrogen) atoms. The predicted molar refractivity (Wildman–Crippen MR) is 103 cm³/mol. The van der Waals surface area contributed by atoms with Gasteiger partial charge in [-0.05, 0) is 59.3 Å². The second-order valence-electron chi connectivity index (χ2n) is 4.90. The molecule has 0 aliphatic carbocycles. The van der Waals surface area contributed by atoms with Crippen molar-refractivity contribution in [3.63, 3.8) is 0 Å². The fourth-order valence-electron chi connectivity index (χ4n) is 1.97. The molecule has 1 atom stereocenters. The van der Waals surface area contributed by atoms with Crippen LogP contribution in [0.2, 0.25) is 5.02 Å². The van der Waals surface area contributed by atoms with Crippen LogP contribution in [0.5, 0.6) is 11.5 Å². The number of rotatable bonds is 6. The lowest BCUT2D eigenvalue weighted by atomic mass is 10.3. The van der Waals surface area contributed by atoms with Crippen molar-refractivity contribution >= 4 is 50.9 Å². The van der Waals surface area contributed by atoms with E-state index in [0.717, 1.165) is 9.37 Å². The Morgan fingerprint density at radius 1 is 1.17 bits per heavy atom. The first-order valence-corrected chi connectivity index (χ1v) is 9.14. The standard InChI is InChI=1S/C17H17BrClNO3S/c1-10(17(21)20-11-4-6-13(18)14(19)8-11)24-12-5-7-15(22-2)16(9-12)23-3/h4-10H,1-3H3,(H,20,21). The molecule has 0 saturated heterocycles. The Morgan fingerprint density at radius 2 is 1.88 bits per heavy atom. The maximum atomic E-state index is 12.3. The van der Waals surface area contributed by atoms with Crippen LogP contribution in [0.3, 0.4) is 0 Å². The molecule has 0 aliphatic heterocycles. The molecule has 4 nitrogen and oxygen atoms in total. The first-order chi connectivity index (χ1) is 11.4. The molecule has 0 aliphatic rings. The number of anilines is 1. The van der Waals surface area contributed by atoms with E-state index >= 15 is 0 Å². The first kappa shape index (κ1) is 19.0. The molecule has 0 spiro atoms. The van der Waals surface area contributed by atoms with Crippen molar-refractivity contribution in [1.82, 2.24) is 0 Å². The molecule has 0 radical (unpaired) electrons.